The maximum atomic E-state index is 11.9. The van der Waals surface area contributed by atoms with Crippen LogP contribution in [0.2, 0.25) is 0 Å². The van der Waals surface area contributed by atoms with Crippen LogP contribution in [0.1, 0.15) is 72.4 Å². The van der Waals surface area contributed by atoms with Gasteiger partial charge < -0.3 is 21.1 Å². The van der Waals surface area contributed by atoms with Gasteiger partial charge in [0.05, 0.1) is 12.4 Å². The average Bonchev–Trinajstić information content (AvgIpc) is 3.05. The molecule has 3 atom stereocenters. The van der Waals surface area contributed by atoms with E-state index in [0.29, 0.717) is 25.2 Å². The van der Waals surface area contributed by atoms with Crippen molar-refractivity contribution in [2.45, 2.75) is 85.3 Å². The highest BCUT2D eigenvalue weighted by atomic mass is 16.3. The van der Waals surface area contributed by atoms with Crippen LogP contribution < -0.4 is 16.0 Å². The predicted molar refractivity (Wildman–Crippen MR) is 138 cm³/mol. The summed E-state index contributed by atoms with van der Waals surface area (Å²) in [5, 5.41) is 25.4. The topological polar surface area (TPSA) is 94.5 Å². The molecule has 3 unspecified atom stereocenters. The molecule has 0 spiro atoms. The molecule has 0 aliphatic carbocycles. The number of hydrogen-bond donors (Lipinski definition) is 4. The second kappa shape index (κ2) is 11.3. The van der Waals surface area contributed by atoms with E-state index in [1.807, 2.05) is 24.7 Å². The molecule has 8 heteroatoms. The second-order valence-corrected chi connectivity index (χ2v) is 9.90. The van der Waals surface area contributed by atoms with Gasteiger partial charge in [0.15, 0.2) is 0 Å². The van der Waals surface area contributed by atoms with Crippen LogP contribution in [0.3, 0.4) is 0 Å². The van der Waals surface area contributed by atoms with E-state index in [9.17, 15) is 9.90 Å². The molecule has 1 aromatic heterocycles. The number of carbonyl (C=O) groups excluding carboxylic acids is 1. The van der Waals surface area contributed by atoms with Crippen molar-refractivity contribution in [3.63, 3.8) is 0 Å². The van der Waals surface area contributed by atoms with E-state index in [4.69, 9.17) is 0 Å². The van der Waals surface area contributed by atoms with Crippen LogP contribution in [0, 0.1) is 0 Å². The van der Waals surface area contributed by atoms with Gasteiger partial charge >= 0.3 is 0 Å². The van der Waals surface area contributed by atoms with Gasteiger partial charge in [-0.05, 0) is 70.8 Å². The molecular weight excluding hydrogens is 428 g/mol. The summed E-state index contributed by atoms with van der Waals surface area (Å²) >= 11 is 0. The Balaban J connectivity index is 1.74. The molecule has 8 nitrogen and oxygen atoms in total. The van der Waals surface area contributed by atoms with Crippen LogP contribution in [0.5, 0.6) is 0 Å². The monoisotopic (exact) mass is 470 g/mol. The predicted octanol–water partition coefficient (Wildman–Crippen LogP) is 3.41. The highest BCUT2D eigenvalue weighted by molar-refractivity contribution is 5.79. The number of Topliss-reactive ketones (excluding diaryl/α,β-unsaturated/α-hetero) is 1. The van der Waals surface area contributed by atoms with E-state index in [1.54, 1.807) is 0 Å². The summed E-state index contributed by atoms with van der Waals surface area (Å²) in [4.78, 5) is 14.2. The first-order chi connectivity index (χ1) is 16.1. The molecule has 34 heavy (non-hydrogen) atoms. The number of aromatic nitrogens is 2. The second-order valence-electron chi connectivity index (χ2n) is 9.90. The van der Waals surface area contributed by atoms with Crippen LogP contribution in [-0.2, 0) is 4.79 Å². The van der Waals surface area contributed by atoms with Crippen LogP contribution in [0.25, 0.3) is 5.57 Å². The Morgan fingerprint density at radius 2 is 2.00 bits per heavy atom. The number of nitrogens with one attached hydrogen (secondary N) is 3. The Kier molecular flexibility index (Phi) is 8.73. The first-order valence-electron chi connectivity index (χ1n) is 12.4. The Bertz CT molecular complexity index is 960. The van der Waals surface area contributed by atoms with Crippen molar-refractivity contribution in [2.75, 3.05) is 25.0 Å². The number of allylic oxidation sites excluding steroid dienone is 3. The normalized spacial score (nSPS) is 21.7. The Labute approximate surface area is 204 Å². The van der Waals surface area contributed by atoms with E-state index in [-0.39, 0.29) is 18.2 Å². The molecule has 3 rings (SSSR count). The van der Waals surface area contributed by atoms with E-state index < -0.39 is 6.23 Å². The number of anilines is 1. The maximum absolute atomic E-state index is 11.9. The minimum absolute atomic E-state index is 0.0176. The van der Waals surface area contributed by atoms with Gasteiger partial charge in [-0.2, -0.15) is 5.10 Å². The molecule has 1 fully saturated rings. The largest absolute Gasteiger partial charge is 0.370 e. The Hall–Kier alpha value is -2.42. The third-order valence-electron chi connectivity index (χ3n) is 6.86. The minimum atomic E-state index is -0.680. The van der Waals surface area contributed by atoms with Crippen LogP contribution in [-0.4, -0.2) is 63.6 Å². The summed E-state index contributed by atoms with van der Waals surface area (Å²) in [6.07, 6.45) is 5.51. The van der Waals surface area contributed by atoms with Gasteiger partial charge in [0.1, 0.15) is 17.8 Å². The minimum Gasteiger partial charge on any atom is -0.370 e. The van der Waals surface area contributed by atoms with Crippen molar-refractivity contribution in [3.8, 4) is 0 Å². The smallest absolute Gasteiger partial charge is 0.148 e. The molecule has 0 radical (unpaired) electrons. The Morgan fingerprint density at radius 1 is 1.26 bits per heavy atom. The number of aliphatic hydroxyl groups is 1. The van der Waals surface area contributed by atoms with Gasteiger partial charge in [-0.15, -0.1) is 0 Å². The molecule has 0 aromatic carbocycles. The SMILES string of the molecule is C=C(c1cnn(C(C)C)c1NC(C)N1CCCC(=O)CC1)C(C)NCC1=C(C)C=C(C)NC1O. The van der Waals surface area contributed by atoms with Gasteiger partial charge in [0, 0.05) is 55.8 Å². The summed E-state index contributed by atoms with van der Waals surface area (Å²) < 4.78 is 2.00. The van der Waals surface area contributed by atoms with Gasteiger partial charge in [0.25, 0.3) is 0 Å². The van der Waals surface area contributed by atoms with Gasteiger partial charge in [0.2, 0.25) is 0 Å². The number of rotatable bonds is 9. The third-order valence-corrected chi connectivity index (χ3v) is 6.86. The van der Waals surface area contributed by atoms with Crippen molar-refractivity contribution in [2.24, 2.45) is 0 Å². The number of dihydropyridines is 1. The van der Waals surface area contributed by atoms with Crippen molar-refractivity contribution in [1.82, 2.24) is 25.3 Å². The number of nitrogens with zero attached hydrogens (tertiary/aromatic N) is 3. The highest BCUT2D eigenvalue weighted by Crippen LogP contribution is 2.29. The molecule has 0 amide bonds. The zero-order valence-electron chi connectivity index (χ0n) is 21.6. The summed E-state index contributed by atoms with van der Waals surface area (Å²) in [6, 6.07) is 0.174. The maximum Gasteiger partial charge on any atom is 0.148 e. The fourth-order valence-corrected chi connectivity index (χ4v) is 4.63. The number of aliphatic hydroxyl groups excluding tert-OH is 1. The first kappa shape index (κ1) is 26.2. The summed E-state index contributed by atoms with van der Waals surface area (Å²) in [7, 11) is 0. The lowest BCUT2D eigenvalue weighted by atomic mass is 10.0. The number of hydrogen-bond acceptors (Lipinski definition) is 7. The lowest BCUT2D eigenvalue weighted by Gasteiger charge is -2.30. The molecule has 0 saturated carbocycles. The van der Waals surface area contributed by atoms with E-state index in [2.05, 4.69) is 66.3 Å². The van der Waals surface area contributed by atoms with Crippen LogP contribution in [0.4, 0.5) is 5.82 Å². The zero-order chi connectivity index (χ0) is 25.0. The standard InChI is InChI=1S/C26H42N6O2/c1-16(2)32-25(30-21(7)31-11-8-9-22(33)10-12-31)24(15-28-32)19(5)20(6)27-14-23-17(3)13-18(4)29-26(23)34/h13,15-16,20-21,26-27,29-30,34H,5,8-12,14H2,1-4,6-7H3. The average molecular weight is 471 g/mol. The fourth-order valence-electron chi connectivity index (χ4n) is 4.63. The van der Waals surface area contributed by atoms with Gasteiger partial charge in [-0.3, -0.25) is 9.69 Å². The quantitative estimate of drug-likeness (QED) is 0.439. The molecule has 2 aliphatic rings. The molecule has 4 N–H and O–H groups in total. The molecule has 0 bridgehead atoms. The highest BCUT2D eigenvalue weighted by Gasteiger charge is 2.25. The van der Waals surface area contributed by atoms with E-state index >= 15 is 0 Å². The van der Waals surface area contributed by atoms with Gasteiger partial charge in [-0.25, -0.2) is 4.68 Å². The summed E-state index contributed by atoms with van der Waals surface area (Å²) in [5.41, 5.74) is 4.90. The molecular formula is C26H42N6O2. The molecule has 2 aliphatic heterocycles. The number of likely N-dealkylation sites (tertiary alicyclic amines) is 1. The molecule has 188 valence electrons. The number of carbonyl (C=O) groups is 1. The zero-order valence-corrected chi connectivity index (χ0v) is 21.6. The number of ketones is 1. The lowest BCUT2D eigenvalue weighted by Crippen LogP contribution is -2.40. The molecule has 3 heterocycles. The van der Waals surface area contributed by atoms with Gasteiger partial charge in [-0.1, -0.05) is 6.58 Å². The summed E-state index contributed by atoms with van der Waals surface area (Å²) in [5.74, 6) is 1.30. The third kappa shape index (κ3) is 6.17. The van der Waals surface area contributed by atoms with E-state index in [0.717, 1.165) is 53.3 Å². The van der Waals surface area contributed by atoms with Crippen molar-refractivity contribution in [1.29, 1.82) is 0 Å². The van der Waals surface area contributed by atoms with Crippen molar-refractivity contribution < 1.29 is 9.90 Å². The van der Waals surface area contributed by atoms with Crippen molar-refractivity contribution in [3.05, 3.63) is 41.3 Å². The Morgan fingerprint density at radius 3 is 2.68 bits per heavy atom. The van der Waals surface area contributed by atoms with Crippen molar-refractivity contribution >= 4 is 17.2 Å². The van der Waals surface area contributed by atoms with E-state index in [1.165, 1.54) is 0 Å². The molecule has 1 saturated heterocycles. The first-order valence-corrected chi connectivity index (χ1v) is 12.4. The van der Waals surface area contributed by atoms with Crippen LogP contribution >= 0.6 is 0 Å². The fraction of sp³-hybridized carbons (Fsp3) is 0.615. The lowest BCUT2D eigenvalue weighted by molar-refractivity contribution is -0.118. The summed E-state index contributed by atoms with van der Waals surface area (Å²) in [6.45, 7) is 19.1. The van der Waals surface area contributed by atoms with Crippen LogP contribution in [0.15, 0.2) is 35.7 Å². The molecule has 1 aromatic rings.